The van der Waals surface area contributed by atoms with Crippen LogP contribution in [-0.2, 0) is 6.42 Å². The number of aromatic nitrogens is 2. The molecule has 2 heterocycles. The molecule has 0 atom stereocenters. The quantitative estimate of drug-likeness (QED) is 0.357. The number of nitrogens with zero attached hydrogens (tertiary/aromatic N) is 3. The molecule has 6 heteroatoms. The first-order valence-corrected chi connectivity index (χ1v) is 10.2. The molecule has 0 saturated carbocycles. The molecule has 0 spiro atoms. The molecule has 0 radical (unpaired) electrons. The van der Waals surface area contributed by atoms with Crippen LogP contribution in [0.4, 0.5) is 11.5 Å². The maximum absolute atomic E-state index is 11.4. The Morgan fingerprint density at radius 2 is 1.87 bits per heavy atom. The molecule has 0 bridgehead atoms. The summed E-state index contributed by atoms with van der Waals surface area (Å²) in [7, 11) is 0. The molecule has 1 aromatic heterocycles. The van der Waals surface area contributed by atoms with Gasteiger partial charge in [-0.15, -0.1) is 0 Å². The molecule has 1 aliphatic rings. The maximum atomic E-state index is 11.4. The SMILES string of the molecule is Cc1ccc([N+](=O)[O-])cc1-n1nc(-c2ccc3ccccc3c2)c2c1NCCCC2. The van der Waals surface area contributed by atoms with E-state index in [1.54, 1.807) is 18.2 Å². The predicted molar refractivity (Wildman–Crippen MR) is 119 cm³/mol. The molecule has 5 rings (SSSR count). The number of nitro benzene ring substituents is 1. The van der Waals surface area contributed by atoms with Gasteiger partial charge in [0.25, 0.3) is 5.69 Å². The van der Waals surface area contributed by atoms with Gasteiger partial charge in [0, 0.05) is 29.8 Å². The second-order valence-electron chi connectivity index (χ2n) is 7.76. The van der Waals surface area contributed by atoms with Gasteiger partial charge in [-0.3, -0.25) is 10.1 Å². The highest BCUT2D eigenvalue weighted by Gasteiger charge is 2.23. The summed E-state index contributed by atoms with van der Waals surface area (Å²) in [6.45, 7) is 2.82. The largest absolute Gasteiger partial charge is 0.370 e. The fourth-order valence-electron chi connectivity index (χ4n) is 4.18. The molecule has 0 amide bonds. The Morgan fingerprint density at radius 1 is 1.03 bits per heavy atom. The van der Waals surface area contributed by atoms with E-state index in [2.05, 4.69) is 35.6 Å². The number of benzene rings is 3. The average molecular weight is 398 g/mol. The van der Waals surface area contributed by atoms with Gasteiger partial charge >= 0.3 is 0 Å². The van der Waals surface area contributed by atoms with Crippen molar-refractivity contribution < 1.29 is 4.92 Å². The van der Waals surface area contributed by atoms with E-state index in [1.165, 1.54) is 16.3 Å². The van der Waals surface area contributed by atoms with Gasteiger partial charge in [0.1, 0.15) is 5.82 Å². The van der Waals surface area contributed by atoms with Gasteiger partial charge in [0.15, 0.2) is 0 Å². The van der Waals surface area contributed by atoms with Crippen LogP contribution in [0.2, 0.25) is 0 Å². The lowest BCUT2D eigenvalue weighted by Crippen LogP contribution is -2.08. The molecule has 30 heavy (non-hydrogen) atoms. The Morgan fingerprint density at radius 3 is 2.70 bits per heavy atom. The Hall–Kier alpha value is -3.67. The van der Waals surface area contributed by atoms with E-state index in [4.69, 9.17) is 5.10 Å². The van der Waals surface area contributed by atoms with Crippen LogP contribution in [-0.4, -0.2) is 21.2 Å². The number of fused-ring (bicyclic) bond motifs is 2. The van der Waals surface area contributed by atoms with Crippen LogP contribution in [0.15, 0.2) is 60.7 Å². The van der Waals surface area contributed by atoms with Gasteiger partial charge < -0.3 is 5.32 Å². The Bertz CT molecular complexity index is 1280. The zero-order chi connectivity index (χ0) is 20.7. The van der Waals surface area contributed by atoms with Crippen molar-refractivity contribution in [1.29, 1.82) is 0 Å². The van der Waals surface area contributed by atoms with E-state index in [9.17, 15) is 10.1 Å². The highest BCUT2D eigenvalue weighted by molar-refractivity contribution is 5.88. The molecule has 0 aliphatic carbocycles. The van der Waals surface area contributed by atoms with Crippen molar-refractivity contribution in [1.82, 2.24) is 9.78 Å². The summed E-state index contributed by atoms with van der Waals surface area (Å²) in [5.74, 6) is 0.944. The Balaban J connectivity index is 1.73. The van der Waals surface area contributed by atoms with Gasteiger partial charge in [0.05, 0.1) is 16.3 Å². The summed E-state index contributed by atoms with van der Waals surface area (Å²) in [5.41, 5.74) is 4.94. The molecule has 3 aromatic carbocycles. The minimum Gasteiger partial charge on any atom is -0.370 e. The molecule has 150 valence electrons. The number of anilines is 1. The topological polar surface area (TPSA) is 73.0 Å². The molecule has 1 N–H and O–H groups in total. The lowest BCUT2D eigenvalue weighted by molar-refractivity contribution is -0.384. The minimum absolute atomic E-state index is 0.0701. The average Bonchev–Trinajstić information content (AvgIpc) is 2.94. The number of hydrogen-bond donors (Lipinski definition) is 1. The monoisotopic (exact) mass is 398 g/mol. The first-order chi connectivity index (χ1) is 14.6. The van der Waals surface area contributed by atoms with Crippen molar-refractivity contribution in [3.8, 4) is 16.9 Å². The highest BCUT2D eigenvalue weighted by Crippen LogP contribution is 2.36. The predicted octanol–water partition coefficient (Wildman–Crippen LogP) is 5.66. The van der Waals surface area contributed by atoms with Crippen molar-refractivity contribution in [2.24, 2.45) is 0 Å². The molecule has 0 unspecified atom stereocenters. The number of nitro groups is 1. The van der Waals surface area contributed by atoms with Crippen molar-refractivity contribution in [2.75, 3.05) is 11.9 Å². The summed E-state index contributed by atoms with van der Waals surface area (Å²) in [6, 6.07) is 19.6. The number of non-ortho nitro benzene ring substituents is 1. The molecular weight excluding hydrogens is 376 g/mol. The van der Waals surface area contributed by atoms with Crippen LogP contribution in [0, 0.1) is 17.0 Å². The minimum atomic E-state index is -0.358. The lowest BCUT2D eigenvalue weighted by Gasteiger charge is -2.11. The zero-order valence-electron chi connectivity index (χ0n) is 16.8. The van der Waals surface area contributed by atoms with Gasteiger partial charge in [-0.2, -0.15) is 5.10 Å². The lowest BCUT2D eigenvalue weighted by atomic mass is 10.0. The van der Waals surface area contributed by atoms with Gasteiger partial charge in [-0.05, 0) is 48.6 Å². The summed E-state index contributed by atoms with van der Waals surface area (Å²) < 4.78 is 1.85. The van der Waals surface area contributed by atoms with E-state index < -0.39 is 0 Å². The van der Waals surface area contributed by atoms with Crippen LogP contribution in [0.1, 0.15) is 24.0 Å². The summed E-state index contributed by atoms with van der Waals surface area (Å²) >= 11 is 0. The Kier molecular flexibility index (Phi) is 4.47. The number of rotatable bonds is 3. The van der Waals surface area contributed by atoms with Gasteiger partial charge in [-0.25, -0.2) is 4.68 Å². The third-order valence-corrected chi connectivity index (χ3v) is 5.78. The second-order valence-corrected chi connectivity index (χ2v) is 7.76. The standard InChI is InChI=1S/C24H22N4O2/c1-16-9-12-20(28(29)30)15-22(16)27-24-21(8-4-5-13-25-24)23(26-27)19-11-10-17-6-2-3-7-18(17)14-19/h2-3,6-7,9-12,14-15,25H,4-5,8,13H2,1H3. The van der Waals surface area contributed by atoms with Crippen molar-refractivity contribution in [3.05, 3.63) is 81.9 Å². The van der Waals surface area contributed by atoms with E-state index in [-0.39, 0.29) is 10.6 Å². The van der Waals surface area contributed by atoms with Crippen LogP contribution in [0.5, 0.6) is 0 Å². The number of aryl methyl sites for hydroxylation is 1. The molecule has 0 fully saturated rings. The third kappa shape index (κ3) is 3.10. The van der Waals surface area contributed by atoms with Gasteiger partial charge in [0.2, 0.25) is 0 Å². The van der Waals surface area contributed by atoms with Crippen LogP contribution >= 0.6 is 0 Å². The van der Waals surface area contributed by atoms with Crippen LogP contribution in [0.3, 0.4) is 0 Å². The number of hydrogen-bond acceptors (Lipinski definition) is 4. The van der Waals surface area contributed by atoms with E-state index in [0.717, 1.165) is 54.1 Å². The molecule has 1 aliphatic heterocycles. The van der Waals surface area contributed by atoms with Crippen molar-refractivity contribution in [3.63, 3.8) is 0 Å². The molecule has 0 saturated heterocycles. The molecule has 6 nitrogen and oxygen atoms in total. The molecule has 4 aromatic rings. The summed E-state index contributed by atoms with van der Waals surface area (Å²) in [5, 5.41) is 22.2. The van der Waals surface area contributed by atoms with E-state index >= 15 is 0 Å². The first kappa shape index (κ1) is 18.4. The number of nitrogens with one attached hydrogen (secondary N) is 1. The maximum Gasteiger partial charge on any atom is 0.271 e. The third-order valence-electron chi connectivity index (χ3n) is 5.78. The zero-order valence-corrected chi connectivity index (χ0v) is 16.8. The van der Waals surface area contributed by atoms with Crippen molar-refractivity contribution >= 4 is 22.3 Å². The Labute approximate surface area is 174 Å². The fraction of sp³-hybridized carbons (Fsp3) is 0.208. The van der Waals surface area contributed by atoms with Crippen molar-refractivity contribution in [2.45, 2.75) is 26.2 Å². The van der Waals surface area contributed by atoms with E-state index in [1.807, 2.05) is 23.7 Å². The normalized spacial score (nSPS) is 13.5. The van der Waals surface area contributed by atoms with Gasteiger partial charge in [-0.1, -0.05) is 42.5 Å². The summed E-state index contributed by atoms with van der Waals surface area (Å²) in [6.07, 6.45) is 3.10. The summed E-state index contributed by atoms with van der Waals surface area (Å²) in [4.78, 5) is 11.0. The van der Waals surface area contributed by atoms with Crippen LogP contribution < -0.4 is 5.32 Å². The highest BCUT2D eigenvalue weighted by atomic mass is 16.6. The van der Waals surface area contributed by atoms with E-state index in [0.29, 0.717) is 0 Å². The first-order valence-electron chi connectivity index (χ1n) is 10.2. The van der Waals surface area contributed by atoms with Crippen LogP contribution in [0.25, 0.3) is 27.7 Å². The second kappa shape index (κ2) is 7.30. The fourth-order valence-corrected chi connectivity index (χ4v) is 4.18. The smallest absolute Gasteiger partial charge is 0.271 e. The molecular formula is C24H22N4O2.